The molecule has 1 heteroatoms. The van der Waals surface area contributed by atoms with Gasteiger partial charge in [-0.1, -0.05) is 18.2 Å². The van der Waals surface area contributed by atoms with Gasteiger partial charge in [-0.3, -0.25) is 0 Å². The highest BCUT2D eigenvalue weighted by atomic mass is 16.5. The largest absolute Gasteiger partial charge is 0.494 e. The van der Waals surface area contributed by atoms with Gasteiger partial charge < -0.3 is 4.74 Å². The molecular formula is C10H12O. The van der Waals surface area contributed by atoms with Crippen LogP contribution in [0.2, 0.25) is 0 Å². The van der Waals surface area contributed by atoms with E-state index < -0.39 is 0 Å². The van der Waals surface area contributed by atoms with E-state index in [0.29, 0.717) is 12.0 Å². The van der Waals surface area contributed by atoms with Crippen LogP contribution in [0.1, 0.15) is 12.8 Å². The molecule has 2 aliphatic rings. The average molecular weight is 148 g/mol. The summed E-state index contributed by atoms with van der Waals surface area (Å²) in [5.41, 5.74) is 0. The topological polar surface area (TPSA) is 9.23 Å². The Kier molecular flexibility index (Phi) is 1.80. The number of rotatable bonds is 0. The molecule has 0 bridgehead atoms. The van der Waals surface area contributed by atoms with Crippen LogP contribution in [0.25, 0.3) is 0 Å². The summed E-state index contributed by atoms with van der Waals surface area (Å²) in [4.78, 5) is 0. The molecule has 0 aromatic heterocycles. The number of hydrogen-bond acceptors (Lipinski definition) is 1. The summed E-state index contributed by atoms with van der Waals surface area (Å²) >= 11 is 0. The van der Waals surface area contributed by atoms with Crippen molar-refractivity contribution in [1.29, 1.82) is 0 Å². The first-order valence-electron chi connectivity index (χ1n) is 4.12. The van der Waals surface area contributed by atoms with E-state index in [-0.39, 0.29) is 0 Å². The van der Waals surface area contributed by atoms with Crippen molar-refractivity contribution < 1.29 is 4.74 Å². The third kappa shape index (κ3) is 1.37. The highest BCUT2D eigenvalue weighted by Gasteiger charge is 2.19. The highest BCUT2D eigenvalue weighted by molar-refractivity contribution is 5.16. The van der Waals surface area contributed by atoms with Gasteiger partial charge >= 0.3 is 0 Å². The van der Waals surface area contributed by atoms with Gasteiger partial charge in [0.05, 0.1) is 6.26 Å². The lowest BCUT2D eigenvalue weighted by molar-refractivity contribution is 0.149. The van der Waals surface area contributed by atoms with Crippen molar-refractivity contribution in [3.63, 3.8) is 0 Å². The quantitative estimate of drug-likeness (QED) is 0.512. The van der Waals surface area contributed by atoms with Crippen LogP contribution in [-0.4, -0.2) is 6.10 Å². The lowest BCUT2D eigenvalue weighted by atomic mass is 9.93. The molecule has 2 unspecified atom stereocenters. The molecule has 0 saturated carbocycles. The van der Waals surface area contributed by atoms with Crippen molar-refractivity contribution in [2.75, 3.05) is 0 Å². The molecule has 1 nitrogen and oxygen atoms in total. The van der Waals surface area contributed by atoms with Gasteiger partial charge in [0.2, 0.25) is 0 Å². The molecular weight excluding hydrogens is 136 g/mol. The van der Waals surface area contributed by atoms with E-state index in [1.165, 1.54) is 6.42 Å². The zero-order chi connectivity index (χ0) is 7.52. The van der Waals surface area contributed by atoms with Gasteiger partial charge in [0, 0.05) is 5.92 Å². The van der Waals surface area contributed by atoms with Crippen molar-refractivity contribution >= 4 is 0 Å². The van der Waals surface area contributed by atoms with E-state index >= 15 is 0 Å². The number of allylic oxidation sites excluding steroid dienone is 3. The minimum absolute atomic E-state index is 0.291. The zero-order valence-corrected chi connectivity index (χ0v) is 6.44. The Morgan fingerprint density at radius 1 is 1.18 bits per heavy atom. The Morgan fingerprint density at radius 3 is 3.09 bits per heavy atom. The van der Waals surface area contributed by atoms with E-state index in [1.54, 1.807) is 0 Å². The maximum Gasteiger partial charge on any atom is 0.122 e. The first-order valence-corrected chi connectivity index (χ1v) is 4.12. The summed E-state index contributed by atoms with van der Waals surface area (Å²) in [6.45, 7) is 0. The fourth-order valence-corrected chi connectivity index (χ4v) is 1.54. The Hall–Kier alpha value is -0.980. The normalized spacial score (nSPS) is 34.2. The molecule has 2 rings (SSSR count). The molecule has 0 fully saturated rings. The number of hydrogen-bond donors (Lipinski definition) is 0. The van der Waals surface area contributed by atoms with Crippen LogP contribution < -0.4 is 0 Å². The second-order valence-corrected chi connectivity index (χ2v) is 2.98. The van der Waals surface area contributed by atoms with Gasteiger partial charge in [0.15, 0.2) is 0 Å². The predicted molar refractivity (Wildman–Crippen MR) is 45.0 cm³/mol. The first kappa shape index (κ1) is 6.71. The first-order chi connectivity index (χ1) is 5.47. The van der Waals surface area contributed by atoms with Gasteiger partial charge in [0.25, 0.3) is 0 Å². The second-order valence-electron chi connectivity index (χ2n) is 2.98. The molecule has 0 N–H and O–H groups in total. The molecule has 0 aromatic rings. The summed E-state index contributed by atoms with van der Waals surface area (Å²) in [6.07, 6.45) is 15.1. The van der Waals surface area contributed by atoms with Crippen molar-refractivity contribution in [1.82, 2.24) is 0 Å². The van der Waals surface area contributed by atoms with Crippen LogP contribution in [-0.2, 0) is 4.74 Å². The van der Waals surface area contributed by atoms with Crippen molar-refractivity contribution in [2.45, 2.75) is 18.9 Å². The van der Waals surface area contributed by atoms with Crippen LogP contribution in [0.15, 0.2) is 36.6 Å². The van der Waals surface area contributed by atoms with Crippen LogP contribution >= 0.6 is 0 Å². The molecule has 0 radical (unpaired) electrons. The third-order valence-electron chi connectivity index (χ3n) is 2.19. The monoisotopic (exact) mass is 148 g/mol. The number of fused-ring (bicyclic) bond motifs is 1. The summed E-state index contributed by atoms with van der Waals surface area (Å²) in [6, 6.07) is 0. The van der Waals surface area contributed by atoms with Crippen LogP contribution in [0.5, 0.6) is 0 Å². The minimum Gasteiger partial charge on any atom is -0.494 e. The minimum atomic E-state index is 0.291. The lowest BCUT2D eigenvalue weighted by Crippen LogP contribution is -2.18. The van der Waals surface area contributed by atoms with E-state index in [9.17, 15) is 0 Å². The third-order valence-corrected chi connectivity index (χ3v) is 2.19. The molecule has 0 aromatic carbocycles. The Labute approximate surface area is 67.1 Å². The fourth-order valence-electron chi connectivity index (χ4n) is 1.54. The second kappa shape index (κ2) is 2.95. The molecule has 1 heterocycles. The molecule has 0 amide bonds. The smallest absolute Gasteiger partial charge is 0.122 e. The van der Waals surface area contributed by atoms with E-state index in [4.69, 9.17) is 4.74 Å². The van der Waals surface area contributed by atoms with Gasteiger partial charge in [0.1, 0.15) is 6.10 Å². The summed E-state index contributed by atoms with van der Waals surface area (Å²) < 4.78 is 5.49. The zero-order valence-electron chi connectivity index (χ0n) is 6.44. The van der Waals surface area contributed by atoms with Crippen LogP contribution in [0.4, 0.5) is 0 Å². The SMILES string of the molecule is C1=CC2CCC=COC2C=C1. The molecule has 0 spiro atoms. The Balaban J connectivity index is 2.13. The van der Waals surface area contributed by atoms with Crippen molar-refractivity contribution in [3.05, 3.63) is 36.6 Å². The van der Waals surface area contributed by atoms with Gasteiger partial charge in [-0.2, -0.15) is 0 Å². The van der Waals surface area contributed by atoms with E-state index in [0.717, 1.165) is 6.42 Å². The molecule has 58 valence electrons. The summed E-state index contributed by atoms with van der Waals surface area (Å²) in [5, 5.41) is 0. The van der Waals surface area contributed by atoms with Gasteiger partial charge in [-0.25, -0.2) is 0 Å². The molecule has 1 aliphatic heterocycles. The van der Waals surface area contributed by atoms with Gasteiger partial charge in [-0.05, 0) is 25.0 Å². The standard InChI is InChI=1S/C10H12O/c1-2-7-10-9(5-1)6-3-4-8-11-10/h1-2,4-5,7-10H,3,6H2. The molecule has 2 atom stereocenters. The van der Waals surface area contributed by atoms with Crippen LogP contribution in [0.3, 0.4) is 0 Å². The van der Waals surface area contributed by atoms with E-state index in [1.807, 2.05) is 6.26 Å². The maximum atomic E-state index is 5.49. The predicted octanol–water partition coefficient (Wildman–Crippen LogP) is 2.42. The molecule has 1 aliphatic carbocycles. The average Bonchev–Trinajstić information content (AvgIpc) is 2.28. The van der Waals surface area contributed by atoms with Gasteiger partial charge in [-0.15, -0.1) is 0 Å². The molecule has 11 heavy (non-hydrogen) atoms. The highest BCUT2D eigenvalue weighted by Crippen LogP contribution is 2.23. The number of ether oxygens (including phenoxy) is 1. The molecule has 0 saturated heterocycles. The fraction of sp³-hybridized carbons (Fsp3) is 0.400. The van der Waals surface area contributed by atoms with Crippen molar-refractivity contribution in [3.8, 4) is 0 Å². The lowest BCUT2D eigenvalue weighted by Gasteiger charge is -2.20. The Bertz CT molecular complexity index is 213. The summed E-state index contributed by atoms with van der Waals surface area (Å²) in [7, 11) is 0. The summed E-state index contributed by atoms with van der Waals surface area (Å²) in [5.74, 6) is 0.593. The van der Waals surface area contributed by atoms with Crippen molar-refractivity contribution in [2.24, 2.45) is 5.92 Å². The van der Waals surface area contributed by atoms with Crippen LogP contribution in [0, 0.1) is 5.92 Å². The van der Waals surface area contributed by atoms with E-state index in [2.05, 4.69) is 30.4 Å². The Morgan fingerprint density at radius 2 is 2.09 bits per heavy atom. The maximum absolute atomic E-state index is 5.49.